The number of aromatic nitrogens is 2. The van der Waals surface area contributed by atoms with Gasteiger partial charge in [-0.05, 0) is 64.2 Å². The van der Waals surface area contributed by atoms with E-state index in [-0.39, 0.29) is 16.6 Å². The Balaban J connectivity index is 1.98. The van der Waals surface area contributed by atoms with Crippen LogP contribution in [0.15, 0.2) is 34.2 Å². The second-order valence-corrected chi connectivity index (χ2v) is 9.52. The lowest BCUT2D eigenvalue weighted by atomic mass is 9.97. The third kappa shape index (κ3) is 3.36. The standard InChI is InChI=1S/C21H22N2O2S2/c1-12-8-10-15(11-9-12)23-20(25)18-16-6-4-5-7-17(16)27-19(18)22-21(23)26-14(3)13(2)24/h8-11,14H,4-7H2,1-3H3. The third-order valence-electron chi connectivity index (χ3n) is 5.10. The average molecular weight is 399 g/mol. The van der Waals surface area contributed by atoms with Crippen LogP contribution < -0.4 is 5.56 Å². The van der Waals surface area contributed by atoms with Crippen molar-refractivity contribution in [1.82, 2.24) is 9.55 Å². The van der Waals surface area contributed by atoms with E-state index in [1.165, 1.54) is 28.6 Å². The number of hydrogen-bond acceptors (Lipinski definition) is 5. The Morgan fingerprint density at radius 1 is 1.22 bits per heavy atom. The van der Waals surface area contributed by atoms with Gasteiger partial charge in [0, 0.05) is 4.88 Å². The van der Waals surface area contributed by atoms with E-state index in [2.05, 4.69) is 0 Å². The van der Waals surface area contributed by atoms with Gasteiger partial charge in [0.25, 0.3) is 5.56 Å². The van der Waals surface area contributed by atoms with Crippen LogP contribution in [0.25, 0.3) is 15.9 Å². The Labute approximate surface area is 166 Å². The number of thiophene rings is 1. The molecule has 0 aliphatic heterocycles. The van der Waals surface area contributed by atoms with Crippen LogP contribution in [0.1, 0.15) is 42.7 Å². The van der Waals surface area contributed by atoms with Gasteiger partial charge in [-0.1, -0.05) is 29.5 Å². The topological polar surface area (TPSA) is 52.0 Å². The fraction of sp³-hybridized carbons (Fsp3) is 0.381. The van der Waals surface area contributed by atoms with Gasteiger partial charge in [-0.25, -0.2) is 4.98 Å². The van der Waals surface area contributed by atoms with E-state index < -0.39 is 0 Å². The predicted octanol–water partition coefficient (Wildman–Crippen LogP) is 4.70. The van der Waals surface area contributed by atoms with Crippen LogP contribution >= 0.6 is 23.1 Å². The molecule has 0 saturated heterocycles. The van der Waals surface area contributed by atoms with Gasteiger partial charge in [-0.15, -0.1) is 11.3 Å². The smallest absolute Gasteiger partial charge is 0.267 e. The second-order valence-electron chi connectivity index (χ2n) is 7.13. The summed E-state index contributed by atoms with van der Waals surface area (Å²) in [6.45, 7) is 5.47. The maximum Gasteiger partial charge on any atom is 0.267 e. The molecule has 4 nitrogen and oxygen atoms in total. The Morgan fingerprint density at radius 2 is 1.93 bits per heavy atom. The van der Waals surface area contributed by atoms with Gasteiger partial charge >= 0.3 is 0 Å². The number of Topliss-reactive ketones (excluding diaryl/α,β-unsaturated/α-hetero) is 1. The molecule has 0 N–H and O–H groups in total. The molecule has 140 valence electrons. The van der Waals surface area contributed by atoms with Gasteiger partial charge in [-0.3, -0.25) is 14.2 Å². The van der Waals surface area contributed by atoms with E-state index in [4.69, 9.17) is 4.98 Å². The maximum atomic E-state index is 13.6. The highest BCUT2D eigenvalue weighted by atomic mass is 32.2. The van der Waals surface area contributed by atoms with Crippen molar-refractivity contribution in [1.29, 1.82) is 0 Å². The lowest BCUT2D eigenvalue weighted by molar-refractivity contribution is -0.116. The zero-order chi connectivity index (χ0) is 19.1. The Bertz CT molecular complexity index is 1080. The Hall–Kier alpha value is -1.92. The highest BCUT2D eigenvalue weighted by molar-refractivity contribution is 8.00. The van der Waals surface area contributed by atoms with Crippen LogP contribution in [0.4, 0.5) is 0 Å². The van der Waals surface area contributed by atoms with Crippen molar-refractivity contribution in [2.24, 2.45) is 0 Å². The molecule has 1 aliphatic carbocycles. The zero-order valence-electron chi connectivity index (χ0n) is 15.7. The molecule has 0 radical (unpaired) electrons. The minimum atomic E-state index is -0.249. The second kappa shape index (κ2) is 7.24. The summed E-state index contributed by atoms with van der Waals surface area (Å²) >= 11 is 3.01. The molecular weight excluding hydrogens is 376 g/mol. The number of rotatable bonds is 4. The number of carbonyl (C=O) groups is 1. The van der Waals surface area contributed by atoms with Crippen molar-refractivity contribution in [3.8, 4) is 5.69 Å². The lowest BCUT2D eigenvalue weighted by Crippen LogP contribution is -2.23. The number of aryl methyl sites for hydroxylation is 3. The molecule has 27 heavy (non-hydrogen) atoms. The molecule has 3 aromatic rings. The Kier molecular flexibility index (Phi) is 4.95. The predicted molar refractivity (Wildman–Crippen MR) is 113 cm³/mol. The SMILES string of the molecule is CC(=O)C(C)Sc1nc2sc3c(c2c(=O)n1-c1ccc(C)cc1)CCCC3. The summed E-state index contributed by atoms with van der Waals surface area (Å²) in [5, 5.41) is 1.12. The quantitative estimate of drug-likeness (QED) is 0.472. The molecule has 1 aliphatic rings. The fourth-order valence-electron chi connectivity index (χ4n) is 3.43. The van der Waals surface area contributed by atoms with Gasteiger partial charge in [-0.2, -0.15) is 0 Å². The van der Waals surface area contributed by atoms with Crippen LogP contribution in [-0.4, -0.2) is 20.6 Å². The van der Waals surface area contributed by atoms with E-state index in [0.29, 0.717) is 5.16 Å². The van der Waals surface area contributed by atoms with Gasteiger partial charge in [0.05, 0.1) is 16.3 Å². The number of nitrogens with zero attached hydrogens (tertiary/aromatic N) is 2. The molecule has 1 unspecified atom stereocenters. The normalized spacial score (nSPS) is 14.9. The minimum Gasteiger partial charge on any atom is -0.299 e. The lowest BCUT2D eigenvalue weighted by Gasteiger charge is -2.15. The zero-order valence-corrected chi connectivity index (χ0v) is 17.4. The number of hydrogen-bond donors (Lipinski definition) is 0. The van der Waals surface area contributed by atoms with E-state index in [1.807, 2.05) is 38.1 Å². The fourth-order valence-corrected chi connectivity index (χ4v) is 5.66. The Morgan fingerprint density at radius 3 is 2.63 bits per heavy atom. The maximum absolute atomic E-state index is 13.6. The van der Waals surface area contributed by atoms with E-state index >= 15 is 0 Å². The number of carbonyl (C=O) groups excluding carboxylic acids is 1. The van der Waals surface area contributed by atoms with Crippen LogP contribution in [-0.2, 0) is 17.6 Å². The van der Waals surface area contributed by atoms with E-state index in [1.54, 1.807) is 22.8 Å². The minimum absolute atomic E-state index is 0.0125. The summed E-state index contributed by atoms with van der Waals surface area (Å²) in [4.78, 5) is 32.3. The van der Waals surface area contributed by atoms with Crippen LogP contribution in [0.5, 0.6) is 0 Å². The largest absolute Gasteiger partial charge is 0.299 e. The molecule has 0 bridgehead atoms. The summed E-state index contributed by atoms with van der Waals surface area (Å²) in [5.41, 5.74) is 3.12. The monoisotopic (exact) mass is 398 g/mol. The highest BCUT2D eigenvalue weighted by Gasteiger charge is 2.24. The number of benzene rings is 1. The van der Waals surface area contributed by atoms with E-state index in [0.717, 1.165) is 40.7 Å². The first-order valence-corrected chi connectivity index (χ1v) is 11.0. The van der Waals surface area contributed by atoms with Gasteiger partial charge in [0.1, 0.15) is 10.6 Å². The summed E-state index contributed by atoms with van der Waals surface area (Å²) in [6.07, 6.45) is 4.29. The molecule has 0 spiro atoms. The van der Waals surface area contributed by atoms with Crippen molar-refractivity contribution >= 4 is 39.1 Å². The molecule has 1 atom stereocenters. The summed E-state index contributed by atoms with van der Waals surface area (Å²) < 4.78 is 1.69. The van der Waals surface area contributed by atoms with Crippen molar-refractivity contribution < 1.29 is 4.79 Å². The molecule has 4 rings (SSSR count). The molecular formula is C21H22N2O2S2. The van der Waals surface area contributed by atoms with Gasteiger partial charge in [0.15, 0.2) is 5.16 Å². The first-order chi connectivity index (χ1) is 13.0. The summed E-state index contributed by atoms with van der Waals surface area (Å²) in [7, 11) is 0. The van der Waals surface area contributed by atoms with E-state index in [9.17, 15) is 9.59 Å². The molecule has 6 heteroatoms. The molecule has 1 aromatic carbocycles. The highest BCUT2D eigenvalue weighted by Crippen LogP contribution is 2.35. The number of ketones is 1. The van der Waals surface area contributed by atoms with Crippen molar-refractivity contribution in [3.05, 3.63) is 50.6 Å². The van der Waals surface area contributed by atoms with Gasteiger partial charge < -0.3 is 0 Å². The molecule has 0 saturated carbocycles. The summed E-state index contributed by atoms with van der Waals surface area (Å²) in [6, 6.07) is 7.90. The first kappa shape index (κ1) is 18.4. The average Bonchev–Trinajstić information content (AvgIpc) is 3.01. The molecule has 2 aromatic heterocycles. The third-order valence-corrected chi connectivity index (χ3v) is 7.46. The van der Waals surface area contributed by atoms with Crippen LogP contribution in [0.3, 0.4) is 0 Å². The number of fused-ring (bicyclic) bond motifs is 3. The molecule has 2 heterocycles. The van der Waals surface area contributed by atoms with Crippen molar-refractivity contribution in [3.63, 3.8) is 0 Å². The van der Waals surface area contributed by atoms with Crippen molar-refractivity contribution in [2.45, 2.75) is 56.9 Å². The molecule has 0 fully saturated rings. The van der Waals surface area contributed by atoms with Crippen LogP contribution in [0.2, 0.25) is 0 Å². The van der Waals surface area contributed by atoms with Crippen molar-refractivity contribution in [2.75, 3.05) is 0 Å². The van der Waals surface area contributed by atoms with Crippen LogP contribution in [0, 0.1) is 6.92 Å². The van der Waals surface area contributed by atoms with Gasteiger partial charge in [0.2, 0.25) is 0 Å². The summed E-state index contributed by atoms with van der Waals surface area (Å²) in [5.74, 6) is 0.0790. The first-order valence-electron chi connectivity index (χ1n) is 9.27. The molecule has 0 amide bonds. The number of thioether (sulfide) groups is 1.